The Morgan fingerprint density at radius 3 is 2.95 bits per heavy atom. The maximum atomic E-state index is 12.0. The number of hydrogen-bond donors (Lipinski definition) is 1. The van der Waals surface area contributed by atoms with Gasteiger partial charge < -0.3 is 9.88 Å². The molecule has 4 nitrogen and oxygen atoms in total. The number of carbonyl (C=O) groups is 1. The second kappa shape index (κ2) is 5.79. The van der Waals surface area contributed by atoms with Crippen molar-refractivity contribution in [3.05, 3.63) is 60.6 Å². The van der Waals surface area contributed by atoms with Crippen molar-refractivity contribution in [1.82, 2.24) is 9.55 Å². The number of fused-ring (bicyclic) bond motifs is 1. The zero-order valence-corrected chi connectivity index (χ0v) is 11.9. The molecule has 3 aromatic rings. The Morgan fingerprint density at radius 1 is 1.24 bits per heavy atom. The van der Waals surface area contributed by atoms with Crippen LogP contribution < -0.4 is 5.32 Å². The number of carbonyl (C=O) groups excluding carboxylic acids is 1. The third-order valence-corrected chi connectivity index (χ3v) is 3.44. The van der Waals surface area contributed by atoms with Gasteiger partial charge >= 0.3 is 0 Å². The van der Waals surface area contributed by atoms with E-state index in [1.54, 1.807) is 12.3 Å². The zero-order valence-electron chi connectivity index (χ0n) is 11.9. The molecule has 0 atom stereocenters. The number of pyridine rings is 1. The molecule has 3 rings (SSSR count). The van der Waals surface area contributed by atoms with Gasteiger partial charge in [-0.25, -0.2) is 0 Å². The molecule has 2 heterocycles. The number of rotatable bonds is 4. The molecule has 0 unspecified atom stereocenters. The van der Waals surface area contributed by atoms with Crippen molar-refractivity contribution < 1.29 is 4.79 Å². The lowest BCUT2D eigenvalue weighted by Crippen LogP contribution is -2.14. The molecule has 0 saturated heterocycles. The molecule has 0 spiro atoms. The molecule has 0 aliphatic heterocycles. The zero-order chi connectivity index (χ0) is 14.7. The predicted molar refractivity (Wildman–Crippen MR) is 84.2 cm³/mol. The fourth-order valence-corrected chi connectivity index (χ4v) is 2.40. The van der Waals surface area contributed by atoms with E-state index in [9.17, 15) is 4.79 Å². The minimum atomic E-state index is 0.0124. The molecule has 0 bridgehead atoms. The first kappa shape index (κ1) is 13.4. The Morgan fingerprint density at radius 2 is 2.10 bits per heavy atom. The number of hydrogen-bond acceptors (Lipinski definition) is 2. The van der Waals surface area contributed by atoms with Gasteiger partial charge in [-0.2, -0.15) is 0 Å². The van der Waals surface area contributed by atoms with Crippen LogP contribution in [0, 0.1) is 6.92 Å². The lowest BCUT2D eigenvalue weighted by atomic mass is 10.2. The van der Waals surface area contributed by atoms with Crippen molar-refractivity contribution in [2.24, 2.45) is 0 Å². The molecular weight excluding hydrogens is 262 g/mol. The third-order valence-electron chi connectivity index (χ3n) is 3.44. The minimum absolute atomic E-state index is 0.0124. The van der Waals surface area contributed by atoms with Gasteiger partial charge in [0, 0.05) is 42.3 Å². The van der Waals surface area contributed by atoms with Crippen molar-refractivity contribution >= 4 is 22.5 Å². The Labute approximate surface area is 123 Å². The van der Waals surface area contributed by atoms with E-state index in [0.29, 0.717) is 13.0 Å². The Kier molecular flexibility index (Phi) is 3.69. The van der Waals surface area contributed by atoms with Crippen LogP contribution >= 0.6 is 0 Å². The summed E-state index contributed by atoms with van der Waals surface area (Å²) in [5.41, 5.74) is 2.85. The summed E-state index contributed by atoms with van der Waals surface area (Å²) in [5, 5.41) is 4.10. The van der Waals surface area contributed by atoms with Gasteiger partial charge in [0.1, 0.15) is 0 Å². The third kappa shape index (κ3) is 3.11. The first-order valence-electron chi connectivity index (χ1n) is 6.99. The van der Waals surface area contributed by atoms with Crippen molar-refractivity contribution in [1.29, 1.82) is 0 Å². The van der Waals surface area contributed by atoms with Crippen LogP contribution in [0.4, 0.5) is 5.69 Å². The van der Waals surface area contributed by atoms with Gasteiger partial charge in [0.25, 0.3) is 0 Å². The van der Waals surface area contributed by atoms with Crippen LogP contribution in [0.15, 0.2) is 54.9 Å². The minimum Gasteiger partial charge on any atom is -0.347 e. The van der Waals surface area contributed by atoms with Crippen molar-refractivity contribution in [3.8, 4) is 0 Å². The van der Waals surface area contributed by atoms with E-state index in [1.807, 2.05) is 31.3 Å². The summed E-state index contributed by atoms with van der Waals surface area (Å²) >= 11 is 0. The fourth-order valence-electron chi connectivity index (χ4n) is 2.40. The molecular formula is C17H17N3O. The Bertz CT molecular complexity index is 776. The molecule has 4 heteroatoms. The topological polar surface area (TPSA) is 46.9 Å². The highest BCUT2D eigenvalue weighted by atomic mass is 16.1. The predicted octanol–water partition coefficient (Wildman–Crippen LogP) is 3.37. The maximum absolute atomic E-state index is 12.0. The summed E-state index contributed by atoms with van der Waals surface area (Å²) in [5.74, 6) is 0.0124. The first-order valence-corrected chi connectivity index (χ1v) is 6.99. The monoisotopic (exact) mass is 279 g/mol. The van der Waals surface area contributed by atoms with Gasteiger partial charge in [-0.3, -0.25) is 9.78 Å². The summed E-state index contributed by atoms with van der Waals surface area (Å²) in [6.45, 7) is 2.57. The molecule has 106 valence electrons. The van der Waals surface area contributed by atoms with Gasteiger partial charge in [-0.1, -0.05) is 18.2 Å². The molecule has 0 aliphatic rings. The van der Waals surface area contributed by atoms with E-state index in [4.69, 9.17) is 0 Å². The van der Waals surface area contributed by atoms with Crippen LogP contribution in [0.2, 0.25) is 0 Å². The van der Waals surface area contributed by atoms with Gasteiger partial charge in [0.2, 0.25) is 5.91 Å². The molecule has 0 fully saturated rings. The molecule has 0 radical (unpaired) electrons. The number of anilines is 1. The number of para-hydroxylation sites is 1. The highest BCUT2D eigenvalue weighted by Gasteiger charge is 2.05. The molecule has 0 aliphatic carbocycles. The van der Waals surface area contributed by atoms with Crippen molar-refractivity contribution in [3.63, 3.8) is 0 Å². The van der Waals surface area contributed by atoms with Crippen LogP contribution in [-0.2, 0) is 11.3 Å². The van der Waals surface area contributed by atoms with E-state index >= 15 is 0 Å². The van der Waals surface area contributed by atoms with E-state index in [-0.39, 0.29) is 5.91 Å². The van der Waals surface area contributed by atoms with Gasteiger partial charge in [0.15, 0.2) is 0 Å². The molecule has 21 heavy (non-hydrogen) atoms. The lowest BCUT2D eigenvalue weighted by Gasteiger charge is -2.07. The SMILES string of the molecule is Cc1cc(NC(=O)CCn2ccc3ccccc32)ccn1. The molecule has 1 aromatic carbocycles. The summed E-state index contributed by atoms with van der Waals surface area (Å²) in [4.78, 5) is 16.1. The molecule has 2 aromatic heterocycles. The number of aryl methyl sites for hydroxylation is 2. The van der Waals surface area contributed by atoms with Gasteiger partial charge in [-0.05, 0) is 36.6 Å². The highest BCUT2D eigenvalue weighted by Crippen LogP contribution is 2.15. The molecule has 1 N–H and O–H groups in total. The van der Waals surface area contributed by atoms with Gasteiger partial charge in [-0.15, -0.1) is 0 Å². The van der Waals surface area contributed by atoms with Crippen LogP contribution in [-0.4, -0.2) is 15.5 Å². The summed E-state index contributed by atoms with van der Waals surface area (Å²) < 4.78 is 2.10. The van der Waals surface area contributed by atoms with Crippen molar-refractivity contribution in [2.75, 3.05) is 5.32 Å². The summed E-state index contributed by atoms with van der Waals surface area (Å²) in [6.07, 6.45) is 4.17. The largest absolute Gasteiger partial charge is 0.347 e. The second-order valence-corrected chi connectivity index (χ2v) is 5.05. The maximum Gasteiger partial charge on any atom is 0.226 e. The summed E-state index contributed by atoms with van der Waals surface area (Å²) in [6, 6.07) is 13.9. The van der Waals surface area contributed by atoms with Crippen LogP contribution in [0.3, 0.4) is 0 Å². The average Bonchev–Trinajstić information content (AvgIpc) is 2.88. The number of nitrogens with one attached hydrogen (secondary N) is 1. The number of amides is 1. The van der Waals surface area contributed by atoms with E-state index in [0.717, 1.165) is 16.9 Å². The van der Waals surface area contributed by atoms with Crippen molar-refractivity contribution in [2.45, 2.75) is 19.9 Å². The van der Waals surface area contributed by atoms with Crippen LogP contribution in [0.25, 0.3) is 10.9 Å². The number of aromatic nitrogens is 2. The Hall–Kier alpha value is -2.62. The van der Waals surface area contributed by atoms with E-state index in [1.165, 1.54) is 5.39 Å². The first-order chi connectivity index (χ1) is 10.2. The normalized spacial score (nSPS) is 10.7. The highest BCUT2D eigenvalue weighted by molar-refractivity contribution is 5.90. The second-order valence-electron chi connectivity index (χ2n) is 5.05. The smallest absolute Gasteiger partial charge is 0.226 e. The number of nitrogens with zero attached hydrogens (tertiary/aromatic N) is 2. The van der Waals surface area contributed by atoms with Gasteiger partial charge in [0.05, 0.1) is 0 Å². The molecule has 0 saturated carbocycles. The standard InChI is InChI=1S/C17H17N3O/c1-13-12-15(6-9-18-13)19-17(21)8-11-20-10-7-14-4-2-3-5-16(14)20/h2-7,9-10,12H,8,11H2,1H3,(H,18,19,21). The van der Waals surface area contributed by atoms with Crippen LogP contribution in [0.1, 0.15) is 12.1 Å². The summed E-state index contributed by atoms with van der Waals surface area (Å²) in [7, 11) is 0. The van der Waals surface area contributed by atoms with E-state index in [2.05, 4.69) is 33.1 Å². The quantitative estimate of drug-likeness (QED) is 0.796. The van der Waals surface area contributed by atoms with E-state index < -0.39 is 0 Å². The lowest BCUT2D eigenvalue weighted by molar-refractivity contribution is -0.116. The number of benzene rings is 1. The Balaban J connectivity index is 1.63. The average molecular weight is 279 g/mol. The fraction of sp³-hybridized carbons (Fsp3) is 0.176. The van der Waals surface area contributed by atoms with Crippen LogP contribution in [0.5, 0.6) is 0 Å². The molecule has 1 amide bonds.